The molecule has 0 nitrogen and oxygen atoms in total. The van der Waals surface area contributed by atoms with Gasteiger partial charge in [-0.15, -0.1) is 0 Å². The summed E-state index contributed by atoms with van der Waals surface area (Å²) < 4.78 is 0. The molecule has 0 bridgehead atoms. The third kappa shape index (κ3) is 2.24. The van der Waals surface area contributed by atoms with Gasteiger partial charge < -0.3 is 0 Å². The predicted octanol–water partition coefficient (Wildman–Crippen LogP) is 4.39. The Kier molecular flexibility index (Phi) is 3.61. The molecule has 0 aromatic heterocycles. The zero-order valence-electron chi connectivity index (χ0n) is 9.03. The zero-order chi connectivity index (χ0) is 9.03. The minimum atomic E-state index is 0.742. The molecule has 0 spiro atoms. The van der Waals surface area contributed by atoms with Crippen molar-refractivity contribution in [2.75, 3.05) is 0 Å². The van der Waals surface area contributed by atoms with Crippen LogP contribution >= 0.6 is 0 Å². The molecule has 1 aliphatic rings. The van der Waals surface area contributed by atoms with Crippen LogP contribution in [0.5, 0.6) is 0 Å². The van der Waals surface area contributed by atoms with Crippen molar-refractivity contribution < 1.29 is 0 Å². The molecule has 0 aliphatic heterocycles. The highest BCUT2D eigenvalue weighted by Gasteiger charge is 2.31. The van der Waals surface area contributed by atoms with Gasteiger partial charge in [-0.3, -0.25) is 0 Å². The van der Waals surface area contributed by atoms with Crippen LogP contribution in [0, 0.1) is 11.3 Å². The number of hydrogen-bond acceptors (Lipinski definition) is 0. The average molecular weight is 168 g/mol. The van der Waals surface area contributed by atoms with Gasteiger partial charge in [0.15, 0.2) is 0 Å². The van der Waals surface area contributed by atoms with E-state index in [-0.39, 0.29) is 0 Å². The lowest BCUT2D eigenvalue weighted by molar-refractivity contribution is 0.126. The lowest BCUT2D eigenvalue weighted by Crippen LogP contribution is -2.26. The Hall–Kier alpha value is 0. The summed E-state index contributed by atoms with van der Waals surface area (Å²) in [6, 6.07) is 0. The summed E-state index contributed by atoms with van der Waals surface area (Å²) in [5.41, 5.74) is 0.742. The molecule has 72 valence electrons. The molecule has 0 heterocycles. The lowest BCUT2D eigenvalue weighted by Gasteiger charge is -2.39. The van der Waals surface area contributed by atoms with Gasteiger partial charge in [0.25, 0.3) is 0 Å². The molecule has 0 aromatic rings. The third-order valence-electron chi connectivity index (χ3n) is 3.72. The van der Waals surface area contributed by atoms with Crippen molar-refractivity contribution in [1.82, 2.24) is 0 Å². The maximum absolute atomic E-state index is 2.43. The molecule has 1 saturated carbocycles. The van der Waals surface area contributed by atoms with Gasteiger partial charge in [-0.2, -0.15) is 0 Å². The maximum Gasteiger partial charge on any atom is -0.0298 e. The Balaban J connectivity index is 2.51. The normalized spacial score (nSPS) is 36.8. The van der Waals surface area contributed by atoms with Gasteiger partial charge >= 0.3 is 0 Å². The first-order valence-electron chi connectivity index (χ1n) is 5.72. The van der Waals surface area contributed by atoms with E-state index in [1.54, 1.807) is 0 Å². The second-order valence-electron chi connectivity index (χ2n) is 4.81. The second-order valence-corrected chi connectivity index (χ2v) is 4.81. The van der Waals surface area contributed by atoms with Crippen LogP contribution in [-0.2, 0) is 0 Å². The maximum atomic E-state index is 2.43. The summed E-state index contributed by atoms with van der Waals surface area (Å²) in [6.07, 6.45) is 10.2. The molecule has 1 aliphatic carbocycles. The molecule has 0 saturated heterocycles. The molecule has 0 radical (unpaired) electrons. The molecule has 0 N–H and O–H groups in total. The van der Waals surface area contributed by atoms with Gasteiger partial charge in [-0.1, -0.05) is 46.5 Å². The minimum Gasteiger partial charge on any atom is -0.0654 e. The van der Waals surface area contributed by atoms with Crippen LogP contribution in [0.2, 0.25) is 0 Å². The summed E-state index contributed by atoms with van der Waals surface area (Å²) in [5, 5.41) is 0. The van der Waals surface area contributed by atoms with Gasteiger partial charge in [0.05, 0.1) is 0 Å². The molecule has 12 heavy (non-hydrogen) atoms. The van der Waals surface area contributed by atoms with Crippen molar-refractivity contribution in [2.24, 2.45) is 11.3 Å². The standard InChI is InChI=1S/C12H24/c1-4-8-12(5-2)9-6-7-11(3)10-12/h11H,4-10H2,1-3H3. The van der Waals surface area contributed by atoms with E-state index >= 15 is 0 Å². The summed E-state index contributed by atoms with van der Waals surface area (Å²) in [7, 11) is 0. The molecule has 0 heteroatoms. The van der Waals surface area contributed by atoms with E-state index in [1.165, 1.54) is 44.9 Å². The van der Waals surface area contributed by atoms with Crippen LogP contribution in [0.1, 0.15) is 65.7 Å². The van der Waals surface area contributed by atoms with Crippen LogP contribution in [0.25, 0.3) is 0 Å². The largest absolute Gasteiger partial charge is 0.0654 e. The zero-order valence-corrected chi connectivity index (χ0v) is 9.03. The second kappa shape index (κ2) is 4.30. The first-order chi connectivity index (χ1) is 5.72. The van der Waals surface area contributed by atoms with Crippen LogP contribution in [0.4, 0.5) is 0 Å². The van der Waals surface area contributed by atoms with Gasteiger partial charge in [-0.25, -0.2) is 0 Å². The van der Waals surface area contributed by atoms with E-state index in [9.17, 15) is 0 Å². The Morgan fingerprint density at radius 2 is 2.08 bits per heavy atom. The molecule has 1 rings (SSSR count). The van der Waals surface area contributed by atoms with Crippen LogP contribution in [0.15, 0.2) is 0 Å². The monoisotopic (exact) mass is 168 g/mol. The Bertz CT molecular complexity index is 124. The molecule has 1 fully saturated rings. The highest BCUT2D eigenvalue weighted by Crippen LogP contribution is 2.44. The fourth-order valence-electron chi connectivity index (χ4n) is 3.02. The SMILES string of the molecule is CCCC1(CC)CCCC(C)C1. The van der Waals surface area contributed by atoms with Crippen LogP contribution in [-0.4, -0.2) is 0 Å². The lowest BCUT2D eigenvalue weighted by atomic mass is 9.66. The first-order valence-corrected chi connectivity index (χ1v) is 5.72. The highest BCUT2D eigenvalue weighted by molar-refractivity contribution is 4.83. The van der Waals surface area contributed by atoms with Crippen molar-refractivity contribution in [3.8, 4) is 0 Å². The fraction of sp³-hybridized carbons (Fsp3) is 1.00. The number of rotatable bonds is 3. The summed E-state index contributed by atoms with van der Waals surface area (Å²) in [4.78, 5) is 0. The smallest absolute Gasteiger partial charge is 0.0298 e. The highest BCUT2D eigenvalue weighted by atomic mass is 14.4. The molecular formula is C12H24. The minimum absolute atomic E-state index is 0.742. The van der Waals surface area contributed by atoms with E-state index in [4.69, 9.17) is 0 Å². The van der Waals surface area contributed by atoms with E-state index in [0.717, 1.165) is 11.3 Å². The topological polar surface area (TPSA) is 0 Å². The van der Waals surface area contributed by atoms with Crippen LogP contribution < -0.4 is 0 Å². The van der Waals surface area contributed by atoms with Crippen LogP contribution in [0.3, 0.4) is 0 Å². The van der Waals surface area contributed by atoms with Gasteiger partial charge in [-0.05, 0) is 30.6 Å². The van der Waals surface area contributed by atoms with E-state index < -0.39 is 0 Å². The van der Waals surface area contributed by atoms with E-state index in [1.807, 2.05) is 0 Å². The van der Waals surface area contributed by atoms with E-state index in [0.29, 0.717) is 0 Å². The van der Waals surface area contributed by atoms with Crippen molar-refractivity contribution in [2.45, 2.75) is 65.7 Å². The summed E-state index contributed by atoms with van der Waals surface area (Å²) in [5.74, 6) is 0.991. The molecular weight excluding hydrogens is 144 g/mol. The quantitative estimate of drug-likeness (QED) is 0.586. The Morgan fingerprint density at radius 3 is 2.58 bits per heavy atom. The Morgan fingerprint density at radius 1 is 1.33 bits per heavy atom. The number of hydrogen-bond donors (Lipinski definition) is 0. The van der Waals surface area contributed by atoms with Gasteiger partial charge in [0.1, 0.15) is 0 Å². The molecule has 2 unspecified atom stereocenters. The third-order valence-corrected chi connectivity index (χ3v) is 3.72. The summed E-state index contributed by atoms with van der Waals surface area (Å²) in [6.45, 7) is 7.14. The first kappa shape index (κ1) is 10.1. The van der Waals surface area contributed by atoms with Gasteiger partial charge in [0.2, 0.25) is 0 Å². The molecule has 2 atom stereocenters. The molecule has 0 amide bonds. The van der Waals surface area contributed by atoms with Crippen molar-refractivity contribution in [1.29, 1.82) is 0 Å². The summed E-state index contributed by atoms with van der Waals surface area (Å²) >= 11 is 0. The average Bonchev–Trinajstić information content (AvgIpc) is 2.05. The van der Waals surface area contributed by atoms with Crippen molar-refractivity contribution in [3.05, 3.63) is 0 Å². The molecule has 0 aromatic carbocycles. The predicted molar refractivity (Wildman–Crippen MR) is 55.3 cm³/mol. The Labute approximate surface area is 77.7 Å². The fourth-order valence-corrected chi connectivity index (χ4v) is 3.02. The van der Waals surface area contributed by atoms with Crippen molar-refractivity contribution in [3.63, 3.8) is 0 Å². The van der Waals surface area contributed by atoms with E-state index in [2.05, 4.69) is 20.8 Å². The van der Waals surface area contributed by atoms with Crippen molar-refractivity contribution >= 4 is 0 Å². The van der Waals surface area contributed by atoms with Gasteiger partial charge in [0, 0.05) is 0 Å².